The molecule has 0 fully saturated rings. The maximum atomic E-state index is 5.94. The number of halogens is 1. The van der Waals surface area contributed by atoms with E-state index >= 15 is 0 Å². The van der Waals surface area contributed by atoms with Crippen molar-refractivity contribution in [2.24, 2.45) is 5.73 Å². The first kappa shape index (κ1) is 16.0. The van der Waals surface area contributed by atoms with Crippen LogP contribution in [0.15, 0.2) is 40.9 Å². The second-order valence-electron chi connectivity index (χ2n) is 5.28. The maximum Gasteiger partial charge on any atom is 0.0602 e. The molecule has 0 aliphatic rings. The fourth-order valence-corrected chi connectivity index (χ4v) is 2.96. The van der Waals surface area contributed by atoms with E-state index in [1.54, 1.807) is 0 Å². The van der Waals surface area contributed by atoms with E-state index in [0.29, 0.717) is 0 Å². The number of rotatable bonds is 5. The summed E-state index contributed by atoms with van der Waals surface area (Å²) in [5.74, 6) is 0. The van der Waals surface area contributed by atoms with Crippen LogP contribution in [0.1, 0.15) is 36.8 Å². The highest BCUT2D eigenvalue weighted by Crippen LogP contribution is 2.29. The third-order valence-electron chi connectivity index (χ3n) is 3.52. The lowest BCUT2D eigenvalue weighted by Crippen LogP contribution is -2.23. The SMILES string of the molecule is CCN(Cc1cccc(C)n1)c1ccc(C(C)N)cc1Br. The Morgan fingerprint density at radius 2 is 2.05 bits per heavy atom. The summed E-state index contributed by atoms with van der Waals surface area (Å²) in [4.78, 5) is 6.89. The summed E-state index contributed by atoms with van der Waals surface area (Å²) in [6, 6.07) is 12.5. The van der Waals surface area contributed by atoms with E-state index in [0.717, 1.165) is 34.5 Å². The summed E-state index contributed by atoms with van der Waals surface area (Å²) in [6.07, 6.45) is 0. The first-order valence-electron chi connectivity index (χ1n) is 7.23. The Morgan fingerprint density at radius 3 is 2.62 bits per heavy atom. The van der Waals surface area contributed by atoms with Gasteiger partial charge in [-0.15, -0.1) is 0 Å². The molecule has 0 aliphatic carbocycles. The molecule has 0 saturated heterocycles. The Labute approximate surface area is 135 Å². The van der Waals surface area contributed by atoms with Crippen LogP contribution in [-0.2, 0) is 6.54 Å². The maximum absolute atomic E-state index is 5.94. The number of pyridine rings is 1. The summed E-state index contributed by atoms with van der Waals surface area (Å²) < 4.78 is 1.08. The van der Waals surface area contributed by atoms with Crippen LogP contribution in [0.5, 0.6) is 0 Å². The lowest BCUT2D eigenvalue weighted by Gasteiger charge is -2.25. The van der Waals surface area contributed by atoms with Crippen molar-refractivity contribution in [3.05, 3.63) is 57.8 Å². The van der Waals surface area contributed by atoms with Gasteiger partial charge in [0, 0.05) is 22.8 Å². The average Bonchev–Trinajstić information content (AvgIpc) is 2.45. The van der Waals surface area contributed by atoms with E-state index in [4.69, 9.17) is 5.73 Å². The zero-order valence-electron chi connectivity index (χ0n) is 12.8. The van der Waals surface area contributed by atoms with Crippen molar-refractivity contribution >= 4 is 21.6 Å². The van der Waals surface area contributed by atoms with E-state index in [1.807, 2.05) is 19.9 Å². The molecule has 4 heteroatoms. The zero-order valence-corrected chi connectivity index (χ0v) is 14.4. The van der Waals surface area contributed by atoms with Gasteiger partial charge in [-0.05, 0) is 66.5 Å². The predicted octanol–water partition coefficient (Wildman–Crippen LogP) is 4.20. The van der Waals surface area contributed by atoms with E-state index in [-0.39, 0.29) is 6.04 Å². The van der Waals surface area contributed by atoms with Gasteiger partial charge >= 0.3 is 0 Å². The molecule has 0 amide bonds. The Hall–Kier alpha value is -1.39. The molecule has 0 saturated carbocycles. The molecule has 2 N–H and O–H groups in total. The highest BCUT2D eigenvalue weighted by Gasteiger charge is 2.11. The molecule has 3 nitrogen and oxygen atoms in total. The molecule has 1 aromatic carbocycles. The van der Waals surface area contributed by atoms with Crippen molar-refractivity contribution in [2.45, 2.75) is 33.4 Å². The average molecular weight is 348 g/mol. The van der Waals surface area contributed by atoms with Crippen molar-refractivity contribution in [3.8, 4) is 0 Å². The Morgan fingerprint density at radius 1 is 1.29 bits per heavy atom. The molecule has 1 atom stereocenters. The van der Waals surface area contributed by atoms with Crippen LogP contribution < -0.4 is 10.6 Å². The standard InChI is InChI=1S/C17H22BrN3/c1-4-21(11-15-7-5-6-12(2)20-15)17-9-8-14(13(3)19)10-16(17)18/h5-10,13H,4,11,19H2,1-3H3. The third kappa shape index (κ3) is 4.05. The fraction of sp³-hybridized carbons (Fsp3) is 0.353. The van der Waals surface area contributed by atoms with Crippen LogP contribution in [0.3, 0.4) is 0 Å². The highest BCUT2D eigenvalue weighted by molar-refractivity contribution is 9.10. The molecule has 2 aromatic rings. The van der Waals surface area contributed by atoms with Crippen LogP contribution in [0.25, 0.3) is 0 Å². The van der Waals surface area contributed by atoms with Crippen molar-refractivity contribution in [3.63, 3.8) is 0 Å². The Bertz CT molecular complexity index is 611. The van der Waals surface area contributed by atoms with Crippen molar-refractivity contribution in [1.82, 2.24) is 4.98 Å². The molecular weight excluding hydrogens is 326 g/mol. The fourth-order valence-electron chi connectivity index (χ4n) is 2.31. The summed E-state index contributed by atoms with van der Waals surface area (Å²) in [5, 5.41) is 0. The molecule has 112 valence electrons. The molecule has 0 spiro atoms. The lowest BCUT2D eigenvalue weighted by atomic mass is 10.1. The lowest BCUT2D eigenvalue weighted by molar-refractivity contribution is 0.796. The number of nitrogens with zero attached hydrogens (tertiary/aromatic N) is 2. The predicted molar refractivity (Wildman–Crippen MR) is 92.4 cm³/mol. The molecule has 0 radical (unpaired) electrons. The van der Waals surface area contributed by atoms with Gasteiger partial charge in [-0.25, -0.2) is 0 Å². The molecular formula is C17H22BrN3. The second-order valence-corrected chi connectivity index (χ2v) is 6.14. The number of hydrogen-bond donors (Lipinski definition) is 1. The smallest absolute Gasteiger partial charge is 0.0602 e. The van der Waals surface area contributed by atoms with Crippen LogP contribution in [0.4, 0.5) is 5.69 Å². The quantitative estimate of drug-likeness (QED) is 0.881. The van der Waals surface area contributed by atoms with E-state index in [9.17, 15) is 0 Å². The summed E-state index contributed by atoms with van der Waals surface area (Å²) >= 11 is 3.67. The van der Waals surface area contributed by atoms with E-state index in [1.165, 1.54) is 5.69 Å². The van der Waals surface area contributed by atoms with Crippen LogP contribution in [0, 0.1) is 6.92 Å². The van der Waals surface area contributed by atoms with Crippen molar-refractivity contribution in [1.29, 1.82) is 0 Å². The molecule has 21 heavy (non-hydrogen) atoms. The van der Waals surface area contributed by atoms with Gasteiger partial charge in [0.15, 0.2) is 0 Å². The molecule has 2 rings (SSSR count). The number of benzene rings is 1. The minimum absolute atomic E-state index is 0.0452. The van der Waals surface area contributed by atoms with Gasteiger partial charge in [-0.1, -0.05) is 12.1 Å². The molecule has 1 aromatic heterocycles. The van der Waals surface area contributed by atoms with Gasteiger partial charge in [0.2, 0.25) is 0 Å². The number of nitrogens with two attached hydrogens (primary N) is 1. The van der Waals surface area contributed by atoms with Crippen molar-refractivity contribution < 1.29 is 0 Å². The monoisotopic (exact) mass is 347 g/mol. The van der Waals surface area contributed by atoms with Crippen molar-refractivity contribution in [2.75, 3.05) is 11.4 Å². The van der Waals surface area contributed by atoms with Crippen LogP contribution in [0.2, 0.25) is 0 Å². The van der Waals surface area contributed by atoms with Crippen LogP contribution in [-0.4, -0.2) is 11.5 Å². The molecule has 0 bridgehead atoms. The minimum atomic E-state index is 0.0452. The first-order chi connectivity index (χ1) is 10.0. The van der Waals surface area contributed by atoms with Gasteiger partial charge in [0.25, 0.3) is 0 Å². The van der Waals surface area contributed by atoms with E-state index in [2.05, 4.69) is 63.1 Å². The molecule has 1 unspecified atom stereocenters. The highest BCUT2D eigenvalue weighted by atomic mass is 79.9. The molecule has 1 heterocycles. The zero-order chi connectivity index (χ0) is 15.4. The number of aryl methyl sites for hydroxylation is 1. The summed E-state index contributed by atoms with van der Waals surface area (Å²) in [7, 11) is 0. The third-order valence-corrected chi connectivity index (χ3v) is 4.15. The van der Waals surface area contributed by atoms with Gasteiger partial charge in [0.05, 0.1) is 17.9 Å². The Kier molecular flexibility index (Phi) is 5.37. The Balaban J connectivity index is 2.25. The van der Waals surface area contributed by atoms with Gasteiger partial charge < -0.3 is 10.6 Å². The normalized spacial score (nSPS) is 12.2. The number of hydrogen-bond acceptors (Lipinski definition) is 3. The second kappa shape index (κ2) is 7.05. The van der Waals surface area contributed by atoms with Crippen LogP contribution >= 0.6 is 15.9 Å². The summed E-state index contributed by atoms with van der Waals surface area (Å²) in [6.45, 7) is 7.89. The van der Waals surface area contributed by atoms with Gasteiger partial charge in [0.1, 0.15) is 0 Å². The largest absolute Gasteiger partial charge is 0.365 e. The van der Waals surface area contributed by atoms with Gasteiger partial charge in [-0.3, -0.25) is 4.98 Å². The van der Waals surface area contributed by atoms with Gasteiger partial charge in [-0.2, -0.15) is 0 Å². The summed E-state index contributed by atoms with van der Waals surface area (Å²) in [5.41, 5.74) is 10.4. The number of aromatic nitrogens is 1. The first-order valence-corrected chi connectivity index (χ1v) is 8.03. The number of anilines is 1. The van der Waals surface area contributed by atoms with E-state index < -0.39 is 0 Å². The minimum Gasteiger partial charge on any atom is -0.365 e. The molecule has 0 aliphatic heterocycles. The topological polar surface area (TPSA) is 42.2 Å².